The average molecular weight is 533 g/mol. The Kier molecular flexibility index (Phi) is 13.3. The number of halogens is 1. The topological polar surface area (TPSA) is 65.0 Å². The smallest absolute Gasteiger partial charge is 0.191 e. The molecule has 0 atom stereocenters. The van der Waals surface area contributed by atoms with Gasteiger partial charge in [0.15, 0.2) is 5.96 Å². The van der Waals surface area contributed by atoms with Gasteiger partial charge in [-0.05, 0) is 47.1 Å². The highest BCUT2D eigenvalue weighted by atomic mass is 127. The van der Waals surface area contributed by atoms with Crippen LogP contribution in [0.3, 0.4) is 0 Å². The zero-order valence-electron chi connectivity index (χ0n) is 19.4. The number of nitrogens with one attached hydrogen (secondary N) is 2. The molecule has 0 radical (unpaired) electrons. The Morgan fingerprint density at radius 2 is 1.90 bits per heavy atom. The monoisotopic (exact) mass is 532 g/mol. The lowest BCUT2D eigenvalue weighted by Crippen LogP contribution is -2.41. The van der Waals surface area contributed by atoms with Crippen molar-refractivity contribution in [1.29, 1.82) is 0 Å². The molecular weight excluding hydrogens is 491 g/mol. The third kappa shape index (κ3) is 8.93. The van der Waals surface area contributed by atoms with Gasteiger partial charge in [0.1, 0.15) is 5.82 Å². The first kappa shape index (κ1) is 26.9. The lowest BCUT2D eigenvalue weighted by Gasteiger charge is -2.30. The zero-order chi connectivity index (χ0) is 21.1. The third-order valence-corrected chi connectivity index (χ3v) is 5.14. The third-order valence-electron chi connectivity index (χ3n) is 5.14. The molecule has 0 amide bonds. The fraction of sp³-hybridized carbons (Fsp3) is 0.727. The van der Waals surface area contributed by atoms with E-state index in [0.717, 1.165) is 69.7 Å². The predicted octanol–water partition coefficient (Wildman–Crippen LogP) is 3.10. The number of hydrogen-bond acceptors (Lipinski definition) is 5. The molecule has 2 rings (SSSR count). The normalized spacial score (nSPS) is 14.9. The van der Waals surface area contributed by atoms with Crippen LogP contribution in [0.5, 0.6) is 0 Å². The van der Waals surface area contributed by atoms with Crippen molar-refractivity contribution in [3.63, 3.8) is 0 Å². The molecule has 1 aromatic heterocycles. The van der Waals surface area contributed by atoms with Crippen LogP contribution in [0.25, 0.3) is 0 Å². The van der Waals surface area contributed by atoms with Gasteiger partial charge in [-0.2, -0.15) is 0 Å². The molecule has 2 heterocycles. The van der Waals surface area contributed by atoms with Crippen molar-refractivity contribution in [3.8, 4) is 0 Å². The molecule has 2 N–H and O–H groups in total. The Morgan fingerprint density at radius 3 is 2.53 bits per heavy atom. The van der Waals surface area contributed by atoms with Crippen molar-refractivity contribution in [1.82, 2.24) is 20.5 Å². The van der Waals surface area contributed by atoms with Crippen molar-refractivity contribution in [2.24, 2.45) is 4.99 Å². The van der Waals surface area contributed by atoms with E-state index < -0.39 is 0 Å². The van der Waals surface area contributed by atoms with Gasteiger partial charge in [0.2, 0.25) is 0 Å². The van der Waals surface area contributed by atoms with Gasteiger partial charge in [0.05, 0.1) is 19.8 Å². The largest absolute Gasteiger partial charge is 0.378 e. The van der Waals surface area contributed by atoms with Crippen molar-refractivity contribution >= 4 is 35.8 Å². The second kappa shape index (κ2) is 14.8. The number of aliphatic imine (C=N–C) groups is 1. The highest BCUT2D eigenvalue weighted by molar-refractivity contribution is 14.0. The van der Waals surface area contributed by atoms with Crippen LogP contribution in [0.2, 0.25) is 0 Å². The molecule has 0 spiro atoms. The van der Waals surface area contributed by atoms with E-state index in [2.05, 4.69) is 66.1 Å². The Morgan fingerprint density at radius 1 is 1.20 bits per heavy atom. The number of morpholine rings is 1. The molecule has 0 aromatic carbocycles. The van der Waals surface area contributed by atoms with E-state index in [-0.39, 0.29) is 24.0 Å². The van der Waals surface area contributed by atoms with Crippen LogP contribution >= 0.6 is 24.0 Å². The van der Waals surface area contributed by atoms with E-state index in [1.54, 1.807) is 0 Å². The summed E-state index contributed by atoms with van der Waals surface area (Å²) >= 11 is 0. The molecular formula is C22H41IN6O. The second-order valence-corrected chi connectivity index (χ2v) is 7.99. The quantitative estimate of drug-likeness (QED) is 0.209. The van der Waals surface area contributed by atoms with Crippen LogP contribution in [0.4, 0.5) is 5.82 Å². The Balaban J connectivity index is 0.00000450. The number of hydrogen-bond donors (Lipinski definition) is 2. The summed E-state index contributed by atoms with van der Waals surface area (Å²) in [5, 5.41) is 6.84. The number of aromatic nitrogens is 1. The SMILES string of the molecule is CCNC(=NCc1cccnc1N1CCOCC1)NCCCN(C(C)C)C(C)C.I. The van der Waals surface area contributed by atoms with Crippen molar-refractivity contribution in [2.45, 2.75) is 59.7 Å². The standard InChI is InChI=1S/C22H40N6O.HI/c1-6-23-22(25-11-8-12-28(18(2)3)19(4)5)26-17-20-9-7-10-24-21(20)27-13-15-29-16-14-27;/h7,9-10,18-19H,6,8,11-17H2,1-5H3,(H2,23,25,26);1H. The van der Waals surface area contributed by atoms with E-state index in [1.165, 1.54) is 0 Å². The first-order valence-corrected chi connectivity index (χ1v) is 11.1. The molecule has 0 bridgehead atoms. The minimum absolute atomic E-state index is 0. The molecule has 1 aliphatic heterocycles. The van der Waals surface area contributed by atoms with Gasteiger partial charge < -0.3 is 20.3 Å². The number of pyridine rings is 1. The summed E-state index contributed by atoms with van der Waals surface area (Å²) in [7, 11) is 0. The Bertz CT molecular complexity index is 611. The summed E-state index contributed by atoms with van der Waals surface area (Å²) < 4.78 is 5.47. The van der Waals surface area contributed by atoms with Gasteiger partial charge in [-0.1, -0.05) is 6.07 Å². The van der Waals surface area contributed by atoms with Crippen LogP contribution in [0.15, 0.2) is 23.3 Å². The Labute approximate surface area is 200 Å². The summed E-state index contributed by atoms with van der Waals surface area (Å²) in [4.78, 5) is 14.2. The van der Waals surface area contributed by atoms with Gasteiger partial charge >= 0.3 is 0 Å². The molecule has 1 aliphatic rings. The first-order chi connectivity index (χ1) is 14.0. The van der Waals surface area contributed by atoms with Crippen LogP contribution in [-0.2, 0) is 11.3 Å². The van der Waals surface area contributed by atoms with Crippen LogP contribution in [-0.4, -0.2) is 73.9 Å². The van der Waals surface area contributed by atoms with E-state index in [9.17, 15) is 0 Å². The van der Waals surface area contributed by atoms with E-state index in [1.807, 2.05) is 12.3 Å². The van der Waals surface area contributed by atoms with E-state index in [4.69, 9.17) is 9.73 Å². The second-order valence-electron chi connectivity index (χ2n) is 7.99. The lowest BCUT2D eigenvalue weighted by atomic mass is 10.2. The number of nitrogens with zero attached hydrogens (tertiary/aromatic N) is 4. The van der Waals surface area contributed by atoms with Crippen molar-refractivity contribution in [2.75, 3.05) is 50.8 Å². The van der Waals surface area contributed by atoms with Gasteiger partial charge in [-0.25, -0.2) is 9.98 Å². The molecule has 0 saturated carbocycles. The van der Waals surface area contributed by atoms with E-state index >= 15 is 0 Å². The summed E-state index contributed by atoms with van der Waals surface area (Å²) in [6.07, 6.45) is 2.95. The average Bonchev–Trinajstić information content (AvgIpc) is 2.72. The van der Waals surface area contributed by atoms with Crippen molar-refractivity contribution in [3.05, 3.63) is 23.9 Å². The summed E-state index contributed by atoms with van der Waals surface area (Å²) in [5.74, 6) is 1.89. The molecule has 8 heteroatoms. The molecule has 7 nitrogen and oxygen atoms in total. The Hall–Kier alpha value is -1.13. The highest BCUT2D eigenvalue weighted by Crippen LogP contribution is 2.19. The van der Waals surface area contributed by atoms with Crippen LogP contribution in [0, 0.1) is 0 Å². The minimum Gasteiger partial charge on any atom is -0.378 e. The van der Waals surface area contributed by atoms with Gasteiger partial charge in [0.25, 0.3) is 0 Å². The maximum atomic E-state index is 5.47. The van der Waals surface area contributed by atoms with Gasteiger partial charge in [-0.3, -0.25) is 4.90 Å². The summed E-state index contributed by atoms with van der Waals surface area (Å²) in [6, 6.07) is 5.25. The first-order valence-electron chi connectivity index (χ1n) is 11.1. The van der Waals surface area contributed by atoms with Crippen molar-refractivity contribution < 1.29 is 4.74 Å². The van der Waals surface area contributed by atoms with E-state index in [0.29, 0.717) is 18.6 Å². The minimum atomic E-state index is 0. The fourth-order valence-corrected chi connectivity index (χ4v) is 3.70. The van der Waals surface area contributed by atoms with Gasteiger partial charge in [0, 0.05) is 56.6 Å². The number of ether oxygens (including phenoxy) is 1. The maximum Gasteiger partial charge on any atom is 0.191 e. The summed E-state index contributed by atoms with van der Waals surface area (Å²) in [5.41, 5.74) is 1.15. The predicted molar refractivity (Wildman–Crippen MR) is 137 cm³/mol. The molecule has 172 valence electrons. The number of anilines is 1. The van der Waals surface area contributed by atoms with Gasteiger partial charge in [-0.15, -0.1) is 24.0 Å². The molecule has 0 unspecified atom stereocenters. The zero-order valence-corrected chi connectivity index (χ0v) is 21.7. The highest BCUT2D eigenvalue weighted by Gasteiger charge is 2.16. The molecule has 1 aromatic rings. The summed E-state index contributed by atoms with van der Waals surface area (Å²) in [6.45, 7) is 17.9. The molecule has 30 heavy (non-hydrogen) atoms. The number of rotatable bonds is 10. The number of guanidine groups is 1. The maximum absolute atomic E-state index is 5.47. The lowest BCUT2D eigenvalue weighted by molar-refractivity contribution is 0.122. The molecule has 1 saturated heterocycles. The van der Waals surface area contributed by atoms with Crippen LogP contribution in [0.1, 0.15) is 46.6 Å². The fourth-order valence-electron chi connectivity index (χ4n) is 3.70. The van der Waals surface area contributed by atoms with Crippen LogP contribution < -0.4 is 15.5 Å². The molecule has 0 aliphatic carbocycles. The molecule has 1 fully saturated rings.